The molecule has 0 radical (unpaired) electrons. The number of aliphatic hydroxyl groups excluding tert-OH is 1. The third kappa shape index (κ3) is 6.54. The van der Waals surface area contributed by atoms with Crippen LogP contribution in [0.15, 0.2) is 94.7 Å². The van der Waals surface area contributed by atoms with E-state index in [1.807, 2.05) is 6.07 Å². The van der Waals surface area contributed by atoms with E-state index in [9.17, 15) is 28.5 Å². The second kappa shape index (κ2) is 12.7. The molecule has 0 amide bonds. The number of benzene rings is 4. The third-order valence-corrected chi connectivity index (χ3v) is 8.79. The van der Waals surface area contributed by atoms with Crippen LogP contribution in [-0.4, -0.2) is 42.8 Å². The van der Waals surface area contributed by atoms with Gasteiger partial charge in [-0.3, -0.25) is 0 Å². The Bertz CT molecular complexity index is 1620. The average Bonchev–Trinajstić information content (AvgIpc) is 2.95. The van der Waals surface area contributed by atoms with Gasteiger partial charge >= 0.3 is 5.97 Å². The summed E-state index contributed by atoms with van der Waals surface area (Å²) in [5.74, 6) is -1.28. The molecule has 0 fully saturated rings. The Morgan fingerprint density at radius 3 is 2.38 bits per heavy atom. The molecule has 0 unspecified atom stereocenters. The highest BCUT2D eigenvalue weighted by Gasteiger charge is 2.24. The minimum absolute atomic E-state index is 0.00931. The molecule has 0 spiro atoms. The van der Waals surface area contributed by atoms with Crippen molar-refractivity contribution in [3.8, 4) is 16.9 Å². The van der Waals surface area contributed by atoms with Crippen LogP contribution < -0.4 is 5.32 Å². The molecular formula is C31H30ClNO6S. The minimum Gasteiger partial charge on any atom is -0.507 e. The zero-order chi connectivity index (χ0) is 28.9. The number of carboxylic acids is 1. The van der Waals surface area contributed by atoms with Crippen molar-refractivity contribution in [1.29, 1.82) is 0 Å². The van der Waals surface area contributed by atoms with Gasteiger partial charge in [-0.15, -0.1) is 0 Å². The van der Waals surface area contributed by atoms with Crippen LogP contribution in [0.5, 0.6) is 5.75 Å². The summed E-state index contributed by atoms with van der Waals surface area (Å²) in [6, 6.07) is 22.8. The molecule has 0 aliphatic heterocycles. The summed E-state index contributed by atoms with van der Waals surface area (Å²) in [4.78, 5) is 11.5. The van der Waals surface area contributed by atoms with Gasteiger partial charge < -0.3 is 20.6 Å². The molecule has 0 aromatic heterocycles. The lowest BCUT2D eigenvalue weighted by atomic mass is 9.98. The first-order valence-electron chi connectivity index (χ1n) is 12.8. The highest BCUT2D eigenvalue weighted by molar-refractivity contribution is 7.91. The van der Waals surface area contributed by atoms with Crippen molar-refractivity contribution < 1.29 is 28.5 Å². The number of hydrogen-bond acceptors (Lipinski definition) is 6. The van der Waals surface area contributed by atoms with Crippen LogP contribution in [0.3, 0.4) is 0 Å². The molecular weight excluding hydrogens is 550 g/mol. The minimum atomic E-state index is -3.93. The summed E-state index contributed by atoms with van der Waals surface area (Å²) in [5.41, 5.74) is 2.84. The van der Waals surface area contributed by atoms with Crippen LogP contribution in [-0.2, 0) is 22.7 Å². The molecule has 0 saturated heterocycles. The number of aromatic hydroxyl groups is 1. The fourth-order valence-corrected chi connectivity index (χ4v) is 6.29. The molecule has 1 atom stereocenters. The predicted octanol–water partition coefficient (Wildman–Crippen LogP) is 5.67. The summed E-state index contributed by atoms with van der Waals surface area (Å²) in [5, 5.41) is 34.4. The largest absolute Gasteiger partial charge is 0.507 e. The van der Waals surface area contributed by atoms with Crippen LogP contribution in [0.2, 0.25) is 5.02 Å². The van der Waals surface area contributed by atoms with Gasteiger partial charge in [0.15, 0.2) is 0 Å². The van der Waals surface area contributed by atoms with Gasteiger partial charge in [0.1, 0.15) is 5.75 Å². The number of phenols is 1. The number of aliphatic hydroxyl groups is 1. The fraction of sp³-hybridized carbons (Fsp3) is 0.194. The van der Waals surface area contributed by atoms with Gasteiger partial charge in [-0.2, -0.15) is 0 Å². The predicted molar refractivity (Wildman–Crippen MR) is 155 cm³/mol. The molecule has 4 aromatic rings. The Hall–Kier alpha value is -3.69. The zero-order valence-corrected chi connectivity index (χ0v) is 23.4. The fourth-order valence-electron chi connectivity index (χ4n) is 4.53. The summed E-state index contributed by atoms with van der Waals surface area (Å²) in [7, 11) is -3.93. The maximum atomic E-state index is 13.5. The van der Waals surface area contributed by atoms with Gasteiger partial charge in [0.2, 0.25) is 9.84 Å². The van der Waals surface area contributed by atoms with Gasteiger partial charge in [0.05, 0.1) is 21.5 Å². The number of halogens is 1. The molecule has 9 heteroatoms. The van der Waals surface area contributed by atoms with Crippen molar-refractivity contribution in [2.75, 3.05) is 13.1 Å². The molecule has 0 bridgehead atoms. The number of aromatic carboxylic acids is 1. The van der Waals surface area contributed by atoms with Gasteiger partial charge in [-0.05, 0) is 84.6 Å². The Morgan fingerprint density at radius 2 is 1.70 bits per heavy atom. The van der Waals surface area contributed by atoms with Gasteiger partial charge in [-0.1, -0.05) is 54.9 Å². The zero-order valence-electron chi connectivity index (χ0n) is 21.8. The lowest BCUT2D eigenvalue weighted by Crippen LogP contribution is -2.23. The molecule has 4 rings (SSSR count). The highest BCUT2D eigenvalue weighted by atomic mass is 35.5. The Kier molecular flexibility index (Phi) is 9.27. The van der Waals surface area contributed by atoms with Gasteiger partial charge in [0, 0.05) is 22.7 Å². The van der Waals surface area contributed by atoms with E-state index in [-0.39, 0.29) is 33.1 Å². The van der Waals surface area contributed by atoms with Crippen LogP contribution in [0, 0.1) is 0 Å². The van der Waals surface area contributed by atoms with Crippen LogP contribution in [0.25, 0.3) is 11.1 Å². The monoisotopic (exact) mass is 579 g/mol. The molecule has 0 saturated carbocycles. The molecule has 4 N–H and O–H groups in total. The van der Waals surface area contributed by atoms with E-state index in [2.05, 4.69) is 5.32 Å². The second-order valence-electron chi connectivity index (χ2n) is 9.35. The topological polar surface area (TPSA) is 124 Å². The molecule has 4 aromatic carbocycles. The normalized spacial score (nSPS) is 12.3. The van der Waals surface area contributed by atoms with Crippen molar-refractivity contribution >= 4 is 27.4 Å². The summed E-state index contributed by atoms with van der Waals surface area (Å²) in [6.07, 6.45) is 0.202. The first-order valence-corrected chi connectivity index (χ1v) is 14.6. The van der Waals surface area contributed by atoms with Gasteiger partial charge in [0.25, 0.3) is 0 Å². The SMILES string of the molecule is CCc1c(S(=O)(=O)c2ccc(CCNC[C@H](O)c3cccc(Cl)c3)cc2)ccc(-c2cccc(C(=O)O)c2)c1O. The van der Waals surface area contributed by atoms with Crippen LogP contribution in [0.1, 0.15) is 40.1 Å². The van der Waals surface area contributed by atoms with Crippen molar-refractivity contribution in [2.45, 2.75) is 35.7 Å². The Balaban J connectivity index is 1.47. The van der Waals surface area contributed by atoms with E-state index in [4.69, 9.17) is 11.6 Å². The summed E-state index contributed by atoms with van der Waals surface area (Å²) in [6.45, 7) is 2.69. The van der Waals surface area contributed by atoms with Gasteiger partial charge in [-0.25, -0.2) is 13.2 Å². The molecule has 0 heterocycles. The van der Waals surface area contributed by atoms with Crippen molar-refractivity contribution in [1.82, 2.24) is 5.32 Å². The first-order chi connectivity index (χ1) is 19.1. The maximum absolute atomic E-state index is 13.5. The quantitative estimate of drug-likeness (QED) is 0.169. The third-order valence-electron chi connectivity index (χ3n) is 6.70. The van der Waals surface area contributed by atoms with E-state index in [0.29, 0.717) is 35.7 Å². The van der Waals surface area contributed by atoms with E-state index in [1.54, 1.807) is 61.5 Å². The summed E-state index contributed by atoms with van der Waals surface area (Å²) >= 11 is 5.98. The van der Waals surface area contributed by atoms with E-state index >= 15 is 0 Å². The van der Waals surface area contributed by atoms with E-state index in [1.165, 1.54) is 24.3 Å². The molecule has 40 heavy (non-hydrogen) atoms. The average molecular weight is 580 g/mol. The molecule has 208 valence electrons. The molecule has 0 aliphatic carbocycles. The number of rotatable bonds is 11. The number of carboxylic acid groups (broad SMARTS) is 1. The van der Waals surface area contributed by atoms with Crippen LogP contribution >= 0.6 is 11.6 Å². The number of phenolic OH excluding ortho intramolecular Hbond substituents is 1. The number of carbonyl (C=O) groups is 1. The lowest BCUT2D eigenvalue weighted by Gasteiger charge is -2.15. The van der Waals surface area contributed by atoms with Crippen molar-refractivity contribution in [2.24, 2.45) is 0 Å². The van der Waals surface area contributed by atoms with Crippen molar-refractivity contribution in [3.63, 3.8) is 0 Å². The number of nitrogens with one attached hydrogen (secondary N) is 1. The number of hydrogen-bond donors (Lipinski definition) is 4. The second-order valence-corrected chi connectivity index (χ2v) is 11.7. The number of sulfone groups is 1. The van der Waals surface area contributed by atoms with Crippen LogP contribution in [0.4, 0.5) is 0 Å². The highest BCUT2D eigenvalue weighted by Crippen LogP contribution is 2.38. The smallest absolute Gasteiger partial charge is 0.335 e. The Labute approximate surface area is 238 Å². The first kappa shape index (κ1) is 29.3. The van der Waals surface area contributed by atoms with E-state index in [0.717, 1.165) is 11.1 Å². The van der Waals surface area contributed by atoms with E-state index < -0.39 is 21.9 Å². The Morgan fingerprint density at radius 1 is 0.975 bits per heavy atom. The molecule has 0 aliphatic rings. The standard InChI is InChI=1S/C31H30ClNO6S/c1-2-26-29(14-13-27(30(26)35)21-5-3-7-23(17-21)31(36)37)40(38,39)25-11-9-20(10-12-25)15-16-33-19-28(34)22-6-4-8-24(32)18-22/h3-14,17-18,28,33-35H,2,15-16,19H2,1H3,(H,36,37)/t28-/m0/s1. The van der Waals surface area contributed by atoms with Crippen molar-refractivity contribution in [3.05, 3.63) is 112 Å². The maximum Gasteiger partial charge on any atom is 0.335 e. The summed E-state index contributed by atoms with van der Waals surface area (Å²) < 4.78 is 27.0. The lowest BCUT2D eigenvalue weighted by molar-refractivity contribution is 0.0697. The molecule has 7 nitrogen and oxygen atoms in total.